The Bertz CT molecular complexity index is 772. The zero-order valence-electron chi connectivity index (χ0n) is 12.3. The largest absolute Gasteiger partial charge is 0.256 e. The summed E-state index contributed by atoms with van der Waals surface area (Å²) in [4.78, 5) is 4.45. The number of hydrogen-bond acceptors (Lipinski definition) is 1. The second-order valence-electron chi connectivity index (χ2n) is 5.51. The van der Waals surface area contributed by atoms with Gasteiger partial charge in [-0.3, -0.25) is 4.98 Å². The third-order valence-corrected chi connectivity index (χ3v) is 3.78. The number of nitrogens with zero attached hydrogens (tertiary/aromatic N) is 1. The maximum atomic E-state index is 4.45. The van der Waals surface area contributed by atoms with Crippen LogP contribution in [-0.4, -0.2) is 4.98 Å². The number of pyridine rings is 1. The molecule has 0 bridgehead atoms. The molecule has 21 heavy (non-hydrogen) atoms. The number of benzene rings is 2. The fourth-order valence-electron chi connectivity index (χ4n) is 2.55. The summed E-state index contributed by atoms with van der Waals surface area (Å²) in [6.45, 7) is 6.32. The van der Waals surface area contributed by atoms with Gasteiger partial charge in [0.2, 0.25) is 0 Å². The first-order valence-corrected chi connectivity index (χ1v) is 7.31. The van der Waals surface area contributed by atoms with Crippen LogP contribution >= 0.6 is 0 Å². The topological polar surface area (TPSA) is 12.9 Å². The van der Waals surface area contributed by atoms with Crippen LogP contribution in [0.3, 0.4) is 0 Å². The van der Waals surface area contributed by atoms with Crippen molar-refractivity contribution in [2.24, 2.45) is 0 Å². The Balaban J connectivity index is 1.78. The molecule has 0 atom stereocenters. The van der Waals surface area contributed by atoms with Crippen LogP contribution in [0.25, 0.3) is 16.5 Å². The summed E-state index contributed by atoms with van der Waals surface area (Å²) in [6, 6.07) is 19.1. The molecular weight excluding hydrogens is 254 g/mol. The van der Waals surface area contributed by atoms with Gasteiger partial charge < -0.3 is 0 Å². The maximum absolute atomic E-state index is 4.45. The van der Waals surface area contributed by atoms with Crippen molar-refractivity contribution in [3.8, 4) is 0 Å². The highest BCUT2D eigenvalue weighted by molar-refractivity contribution is 5.83. The van der Waals surface area contributed by atoms with Gasteiger partial charge >= 0.3 is 0 Å². The molecule has 0 aliphatic carbocycles. The van der Waals surface area contributed by atoms with Gasteiger partial charge in [-0.1, -0.05) is 43.0 Å². The summed E-state index contributed by atoms with van der Waals surface area (Å²) < 4.78 is 0. The van der Waals surface area contributed by atoms with E-state index in [9.17, 15) is 0 Å². The van der Waals surface area contributed by atoms with E-state index in [1.165, 1.54) is 27.6 Å². The van der Waals surface area contributed by atoms with Gasteiger partial charge in [-0.05, 0) is 60.2 Å². The van der Waals surface area contributed by atoms with Crippen LogP contribution in [0.2, 0.25) is 0 Å². The Morgan fingerprint density at radius 1 is 1.05 bits per heavy atom. The van der Waals surface area contributed by atoms with E-state index in [2.05, 4.69) is 73.1 Å². The molecule has 1 heteroatoms. The first kappa shape index (κ1) is 13.6. The Morgan fingerprint density at radius 3 is 2.67 bits per heavy atom. The lowest BCUT2D eigenvalue weighted by atomic mass is 9.98. The molecule has 0 amide bonds. The quantitative estimate of drug-likeness (QED) is 0.637. The highest BCUT2D eigenvalue weighted by Crippen LogP contribution is 2.23. The predicted molar refractivity (Wildman–Crippen MR) is 90.3 cm³/mol. The van der Waals surface area contributed by atoms with Gasteiger partial charge in [-0.25, -0.2) is 0 Å². The number of allylic oxidation sites excluding steroid dienone is 1. The molecule has 104 valence electrons. The minimum Gasteiger partial charge on any atom is -0.256 e. The van der Waals surface area contributed by atoms with Crippen molar-refractivity contribution < 1.29 is 0 Å². The van der Waals surface area contributed by atoms with Crippen molar-refractivity contribution in [2.75, 3.05) is 0 Å². The van der Waals surface area contributed by atoms with E-state index in [0.717, 1.165) is 18.4 Å². The molecule has 0 saturated heterocycles. The van der Waals surface area contributed by atoms with E-state index in [1.807, 2.05) is 6.20 Å². The summed E-state index contributed by atoms with van der Waals surface area (Å²) >= 11 is 0. The summed E-state index contributed by atoms with van der Waals surface area (Å²) in [7, 11) is 0. The van der Waals surface area contributed by atoms with E-state index < -0.39 is 0 Å². The monoisotopic (exact) mass is 273 g/mol. The molecule has 1 nitrogen and oxygen atoms in total. The van der Waals surface area contributed by atoms with E-state index in [-0.39, 0.29) is 0 Å². The number of hydrogen-bond donors (Lipinski definition) is 0. The van der Waals surface area contributed by atoms with Crippen molar-refractivity contribution in [1.29, 1.82) is 0 Å². The van der Waals surface area contributed by atoms with Crippen molar-refractivity contribution >= 4 is 16.5 Å². The van der Waals surface area contributed by atoms with Crippen LogP contribution in [-0.2, 0) is 6.42 Å². The molecule has 3 aromatic rings. The van der Waals surface area contributed by atoms with Crippen molar-refractivity contribution in [1.82, 2.24) is 4.98 Å². The lowest BCUT2D eigenvalue weighted by Gasteiger charge is -2.08. The van der Waals surface area contributed by atoms with Crippen LogP contribution in [0.4, 0.5) is 0 Å². The number of aryl methyl sites for hydroxylation is 2. The number of rotatable bonds is 4. The molecule has 0 aliphatic rings. The van der Waals surface area contributed by atoms with Crippen LogP contribution < -0.4 is 0 Å². The molecule has 0 spiro atoms. The standard InChI is InChI=1S/C20H19N/c1-15-12-19-13-18(10-11-20(19)21-14-15)16(2)8-9-17-6-4-3-5-7-17/h3-7,10-14H,2,8-9H2,1H3. The third kappa shape index (κ3) is 3.19. The van der Waals surface area contributed by atoms with E-state index in [0.29, 0.717) is 0 Å². The second kappa shape index (κ2) is 5.92. The average molecular weight is 273 g/mol. The Hall–Kier alpha value is -2.41. The van der Waals surface area contributed by atoms with Crippen molar-refractivity contribution in [2.45, 2.75) is 19.8 Å². The first-order valence-electron chi connectivity index (χ1n) is 7.31. The smallest absolute Gasteiger partial charge is 0.0702 e. The molecular formula is C20H19N. The maximum Gasteiger partial charge on any atom is 0.0702 e. The molecule has 0 saturated carbocycles. The van der Waals surface area contributed by atoms with Crippen LogP contribution in [0.5, 0.6) is 0 Å². The zero-order valence-corrected chi connectivity index (χ0v) is 12.3. The third-order valence-electron chi connectivity index (χ3n) is 3.78. The summed E-state index contributed by atoms with van der Waals surface area (Å²) in [5.41, 5.74) is 5.99. The predicted octanol–water partition coefficient (Wildman–Crippen LogP) is 5.19. The summed E-state index contributed by atoms with van der Waals surface area (Å²) in [5, 5.41) is 1.19. The lowest BCUT2D eigenvalue weighted by molar-refractivity contribution is 1.02. The fourth-order valence-corrected chi connectivity index (χ4v) is 2.55. The summed E-state index contributed by atoms with van der Waals surface area (Å²) in [5.74, 6) is 0. The number of aromatic nitrogens is 1. The van der Waals surface area contributed by atoms with E-state index in [4.69, 9.17) is 0 Å². The molecule has 0 fully saturated rings. The number of fused-ring (bicyclic) bond motifs is 1. The van der Waals surface area contributed by atoms with Gasteiger partial charge in [-0.2, -0.15) is 0 Å². The molecule has 3 rings (SSSR count). The van der Waals surface area contributed by atoms with Gasteiger partial charge in [0.1, 0.15) is 0 Å². The van der Waals surface area contributed by atoms with Crippen molar-refractivity contribution in [3.05, 3.63) is 84.1 Å². The molecule has 2 aromatic carbocycles. The SMILES string of the molecule is C=C(CCc1ccccc1)c1ccc2ncc(C)cc2c1. The minimum atomic E-state index is 0.981. The van der Waals surface area contributed by atoms with Gasteiger partial charge in [0, 0.05) is 11.6 Å². The van der Waals surface area contributed by atoms with Gasteiger partial charge in [0.05, 0.1) is 5.52 Å². The average Bonchev–Trinajstić information content (AvgIpc) is 2.53. The normalized spacial score (nSPS) is 10.7. The van der Waals surface area contributed by atoms with Crippen molar-refractivity contribution in [3.63, 3.8) is 0 Å². The highest BCUT2D eigenvalue weighted by Gasteiger charge is 2.03. The van der Waals surface area contributed by atoms with Crippen LogP contribution in [0.1, 0.15) is 23.1 Å². The molecule has 0 aliphatic heterocycles. The van der Waals surface area contributed by atoms with Crippen LogP contribution in [0.15, 0.2) is 67.4 Å². The Kier molecular flexibility index (Phi) is 3.83. The highest BCUT2D eigenvalue weighted by atomic mass is 14.6. The molecule has 0 unspecified atom stereocenters. The fraction of sp³-hybridized carbons (Fsp3) is 0.150. The van der Waals surface area contributed by atoms with E-state index >= 15 is 0 Å². The lowest BCUT2D eigenvalue weighted by Crippen LogP contribution is -1.90. The molecule has 0 N–H and O–H groups in total. The van der Waals surface area contributed by atoms with E-state index in [1.54, 1.807) is 0 Å². The second-order valence-corrected chi connectivity index (χ2v) is 5.51. The summed E-state index contributed by atoms with van der Waals surface area (Å²) in [6.07, 6.45) is 3.92. The van der Waals surface area contributed by atoms with Gasteiger partial charge in [0.15, 0.2) is 0 Å². The minimum absolute atomic E-state index is 0.981. The Labute approximate surface area is 126 Å². The van der Waals surface area contributed by atoms with Gasteiger partial charge in [-0.15, -0.1) is 0 Å². The molecule has 1 aromatic heterocycles. The van der Waals surface area contributed by atoms with Gasteiger partial charge in [0.25, 0.3) is 0 Å². The molecule has 0 radical (unpaired) electrons. The first-order chi connectivity index (χ1) is 10.2. The zero-order chi connectivity index (χ0) is 14.7. The Morgan fingerprint density at radius 2 is 1.86 bits per heavy atom. The molecule has 1 heterocycles. The van der Waals surface area contributed by atoms with Crippen LogP contribution in [0, 0.1) is 6.92 Å².